The van der Waals surface area contributed by atoms with Gasteiger partial charge in [-0.25, -0.2) is 0 Å². The largest absolute Gasteiger partial charge is 0.380 e. The van der Waals surface area contributed by atoms with Gasteiger partial charge in [0.25, 0.3) is 5.89 Å². The van der Waals surface area contributed by atoms with Gasteiger partial charge in [0.05, 0.1) is 26.0 Å². The fourth-order valence-electron chi connectivity index (χ4n) is 2.48. The van der Waals surface area contributed by atoms with Gasteiger partial charge in [-0.15, -0.1) is 5.10 Å². The highest BCUT2D eigenvalue weighted by Crippen LogP contribution is 2.29. The molecule has 0 bridgehead atoms. The molecule has 2 aromatic heterocycles. The zero-order chi connectivity index (χ0) is 15.9. The van der Waals surface area contributed by atoms with Gasteiger partial charge >= 0.3 is 0 Å². The molecule has 0 aliphatic carbocycles. The molecule has 0 radical (unpaired) electrons. The minimum Gasteiger partial charge on any atom is -0.380 e. The fraction of sp³-hybridized carbons (Fsp3) is 0.333. The monoisotopic (exact) mass is 331 g/mol. The van der Waals surface area contributed by atoms with Crippen LogP contribution in [0, 0.1) is 5.41 Å². The number of hydrogen-bond acceptors (Lipinski definition) is 6. The third-order valence-electron chi connectivity index (χ3n) is 3.71. The van der Waals surface area contributed by atoms with Crippen molar-refractivity contribution < 1.29 is 9.26 Å². The van der Waals surface area contributed by atoms with E-state index in [2.05, 4.69) is 27.4 Å². The Bertz CT molecular complexity index is 840. The number of halogens is 1. The van der Waals surface area contributed by atoms with E-state index in [4.69, 9.17) is 20.9 Å². The molecule has 0 saturated carbocycles. The Labute approximate surface area is 137 Å². The molecule has 118 valence electrons. The molecular formula is C15H14ClN5O2. The molecule has 1 aromatic carbocycles. The molecule has 0 unspecified atom stereocenters. The summed E-state index contributed by atoms with van der Waals surface area (Å²) in [5.74, 6) is 0.803. The van der Waals surface area contributed by atoms with Gasteiger partial charge in [-0.2, -0.15) is 4.98 Å². The molecule has 3 aromatic rings. The van der Waals surface area contributed by atoms with E-state index in [9.17, 15) is 0 Å². The maximum absolute atomic E-state index is 5.98. The van der Waals surface area contributed by atoms with Crippen LogP contribution in [0.2, 0.25) is 5.02 Å². The average molecular weight is 332 g/mol. The van der Waals surface area contributed by atoms with Gasteiger partial charge in [0, 0.05) is 16.0 Å². The maximum atomic E-state index is 5.98. The van der Waals surface area contributed by atoms with E-state index < -0.39 is 0 Å². The zero-order valence-electron chi connectivity index (χ0n) is 12.4. The summed E-state index contributed by atoms with van der Waals surface area (Å²) >= 11 is 5.98. The van der Waals surface area contributed by atoms with E-state index in [0.717, 1.165) is 25.3 Å². The number of ether oxygens (including phenoxy) is 1. The number of nitrogens with zero attached hydrogens (tertiary/aromatic N) is 5. The van der Waals surface area contributed by atoms with Crippen LogP contribution in [0.15, 0.2) is 35.0 Å². The van der Waals surface area contributed by atoms with Crippen molar-refractivity contribution in [2.75, 3.05) is 13.2 Å². The Morgan fingerprint density at radius 1 is 1.35 bits per heavy atom. The van der Waals surface area contributed by atoms with Crippen LogP contribution in [0.4, 0.5) is 0 Å². The van der Waals surface area contributed by atoms with Crippen LogP contribution >= 0.6 is 11.6 Å². The number of benzene rings is 1. The molecule has 0 N–H and O–H groups in total. The molecule has 7 nitrogen and oxygen atoms in total. The maximum Gasteiger partial charge on any atom is 0.280 e. The molecule has 1 fully saturated rings. The van der Waals surface area contributed by atoms with Crippen molar-refractivity contribution in [3.63, 3.8) is 0 Å². The van der Waals surface area contributed by atoms with Gasteiger partial charge in [0.2, 0.25) is 5.82 Å². The van der Waals surface area contributed by atoms with Gasteiger partial charge in [-0.05, 0) is 12.1 Å². The molecule has 1 saturated heterocycles. The molecule has 1 aliphatic rings. The topological polar surface area (TPSA) is 78.9 Å². The summed E-state index contributed by atoms with van der Waals surface area (Å²) in [4.78, 5) is 4.36. The first-order valence-electron chi connectivity index (χ1n) is 7.19. The second-order valence-corrected chi connectivity index (χ2v) is 6.47. The van der Waals surface area contributed by atoms with Crippen molar-refractivity contribution in [2.24, 2.45) is 5.41 Å². The Morgan fingerprint density at radius 3 is 2.96 bits per heavy atom. The molecule has 1 aliphatic heterocycles. The summed E-state index contributed by atoms with van der Waals surface area (Å²) in [5.41, 5.74) is 1.46. The third-order valence-corrected chi connectivity index (χ3v) is 3.95. The van der Waals surface area contributed by atoms with Crippen molar-refractivity contribution in [2.45, 2.75) is 13.5 Å². The molecule has 8 heteroatoms. The Balaban J connectivity index is 1.56. The van der Waals surface area contributed by atoms with Crippen LogP contribution in [0.3, 0.4) is 0 Å². The lowest BCUT2D eigenvalue weighted by atomic mass is 9.89. The molecule has 0 amide bonds. The van der Waals surface area contributed by atoms with Gasteiger partial charge in [0.15, 0.2) is 5.69 Å². The summed E-state index contributed by atoms with van der Waals surface area (Å²) in [6, 6.07) is 7.28. The minimum atomic E-state index is 0.117. The fourth-order valence-corrected chi connectivity index (χ4v) is 2.67. The summed E-state index contributed by atoms with van der Waals surface area (Å²) in [5, 5.41) is 12.8. The molecule has 0 atom stereocenters. The van der Waals surface area contributed by atoms with Crippen molar-refractivity contribution in [1.82, 2.24) is 25.1 Å². The summed E-state index contributed by atoms with van der Waals surface area (Å²) < 4.78 is 12.3. The molecular weight excluding hydrogens is 318 g/mol. The van der Waals surface area contributed by atoms with E-state index in [1.165, 1.54) is 0 Å². The first-order chi connectivity index (χ1) is 11.1. The number of hydrogen-bond donors (Lipinski definition) is 0. The minimum absolute atomic E-state index is 0.117. The van der Waals surface area contributed by atoms with Crippen molar-refractivity contribution >= 4 is 11.6 Å². The second-order valence-electron chi connectivity index (χ2n) is 6.04. The number of aromatic nitrogens is 5. The van der Waals surface area contributed by atoms with Crippen molar-refractivity contribution in [1.29, 1.82) is 0 Å². The molecule has 0 spiro atoms. The van der Waals surface area contributed by atoms with Crippen LogP contribution in [-0.4, -0.2) is 38.3 Å². The third kappa shape index (κ3) is 2.85. The highest BCUT2D eigenvalue weighted by molar-refractivity contribution is 6.30. The highest BCUT2D eigenvalue weighted by Gasteiger charge is 2.34. The van der Waals surface area contributed by atoms with Gasteiger partial charge < -0.3 is 9.26 Å². The lowest BCUT2D eigenvalue weighted by Crippen LogP contribution is -2.43. The van der Waals surface area contributed by atoms with Crippen LogP contribution < -0.4 is 0 Å². The Hall–Kier alpha value is -2.25. The second kappa shape index (κ2) is 5.43. The van der Waals surface area contributed by atoms with Crippen LogP contribution in [-0.2, 0) is 11.3 Å². The van der Waals surface area contributed by atoms with Crippen molar-refractivity contribution in [3.8, 4) is 23.0 Å². The lowest BCUT2D eigenvalue weighted by Gasteiger charge is -2.37. The zero-order valence-corrected chi connectivity index (χ0v) is 13.2. The van der Waals surface area contributed by atoms with E-state index in [-0.39, 0.29) is 5.41 Å². The first-order valence-corrected chi connectivity index (χ1v) is 7.57. The highest BCUT2D eigenvalue weighted by atomic mass is 35.5. The van der Waals surface area contributed by atoms with E-state index in [1.807, 2.05) is 12.1 Å². The lowest BCUT2D eigenvalue weighted by molar-refractivity contribution is -0.111. The quantitative estimate of drug-likeness (QED) is 0.731. The molecule has 3 heterocycles. The van der Waals surface area contributed by atoms with E-state index in [0.29, 0.717) is 22.4 Å². The van der Waals surface area contributed by atoms with E-state index >= 15 is 0 Å². The van der Waals surface area contributed by atoms with E-state index in [1.54, 1.807) is 23.0 Å². The van der Waals surface area contributed by atoms with Crippen LogP contribution in [0.5, 0.6) is 0 Å². The standard InChI is InChI=1S/C15H14ClN5O2/c1-15(8-22-9-15)7-21-6-12(18-20-21)14-17-13(19-23-14)10-3-2-4-11(16)5-10/h2-6H,7-9H2,1H3. The Kier molecular flexibility index (Phi) is 3.39. The number of rotatable bonds is 4. The smallest absolute Gasteiger partial charge is 0.280 e. The van der Waals surface area contributed by atoms with Gasteiger partial charge in [-0.1, -0.05) is 41.0 Å². The SMILES string of the molecule is CC1(Cn2cc(-c3nc(-c4cccc(Cl)c4)no3)nn2)COC1. The first kappa shape index (κ1) is 14.3. The Morgan fingerprint density at radius 2 is 2.22 bits per heavy atom. The molecule has 23 heavy (non-hydrogen) atoms. The predicted molar refractivity (Wildman–Crippen MR) is 82.7 cm³/mol. The average Bonchev–Trinajstić information content (AvgIpc) is 3.14. The molecule has 4 rings (SSSR count). The van der Waals surface area contributed by atoms with Gasteiger partial charge in [-0.3, -0.25) is 4.68 Å². The summed E-state index contributed by atoms with van der Waals surface area (Å²) in [6.07, 6.45) is 1.80. The predicted octanol–water partition coefficient (Wildman–Crippen LogP) is 2.69. The van der Waals surface area contributed by atoms with Crippen molar-refractivity contribution in [3.05, 3.63) is 35.5 Å². The normalized spacial score (nSPS) is 16.3. The van der Waals surface area contributed by atoms with Gasteiger partial charge in [0.1, 0.15) is 0 Å². The van der Waals surface area contributed by atoms with Crippen LogP contribution in [0.25, 0.3) is 23.0 Å². The summed E-state index contributed by atoms with van der Waals surface area (Å²) in [7, 11) is 0. The summed E-state index contributed by atoms with van der Waals surface area (Å²) in [6.45, 7) is 4.38. The van der Waals surface area contributed by atoms with Crippen LogP contribution in [0.1, 0.15) is 6.92 Å².